The Labute approximate surface area is 104 Å². The average molecular weight is 247 g/mol. The van der Waals surface area contributed by atoms with Gasteiger partial charge in [-0.05, 0) is 6.07 Å². The van der Waals surface area contributed by atoms with E-state index in [2.05, 4.69) is 5.10 Å². The van der Waals surface area contributed by atoms with E-state index in [-0.39, 0.29) is 6.79 Å². The van der Waals surface area contributed by atoms with Crippen LogP contribution in [0.5, 0.6) is 17.2 Å². The smallest absolute Gasteiger partial charge is 0.231 e. The Balaban J connectivity index is 2.16. The molecule has 1 aromatic heterocycles. The number of anilines is 1. The van der Waals surface area contributed by atoms with E-state index in [1.165, 1.54) is 0 Å². The number of methoxy groups -OCH3 is 1. The molecule has 0 atom stereocenters. The second kappa shape index (κ2) is 3.83. The van der Waals surface area contributed by atoms with Gasteiger partial charge in [0.15, 0.2) is 11.5 Å². The Bertz CT molecular complexity index is 587. The Morgan fingerprint density at radius 2 is 2.00 bits per heavy atom. The predicted octanol–water partition coefficient (Wildman–Crippen LogP) is 1.41. The lowest BCUT2D eigenvalue weighted by Gasteiger charge is -2.07. The molecule has 0 amide bonds. The van der Waals surface area contributed by atoms with E-state index in [1.807, 2.05) is 6.07 Å². The number of hydrogen-bond donors (Lipinski definition) is 1. The molecule has 6 heteroatoms. The molecular weight excluding hydrogens is 234 g/mol. The van der Waals surface area contributed by atoms with Crippen molar-refractivity contribution in [2.24, 2.45) is 7.05 Å². The normalized spacial score (nSPS) is 12.8. The minimum absolute atomic E-state index is 0.228. The Kier molecular flexibility index (Phi) is 2.29. The second-order valence-corrected chi connectivity index (χ2v) is 3.98. The van der Waals surface area contributed by atoms with Gasteiger partial charge in [0.25, 0.3) is 0 Å². The van der Waals surface area contributed by atoms with E-state index < -0.39 is 0 Å². The standard InChI is InChI=1S/C12H13N3O3/c1-15-12(13)4-8(14-15)7-3-10-11(18-6-17-10)5-9(7)16-2/h3-5H,6,13H2,1-2H3. The molecule has 0 bridgehead atoms. The van der Waals surface area contributed by atoms with Crippen LogP contribution in [0.15, 0.2) is 18.2 Å². The van der Waals surface area contributed by atoms with Crippen LogP contribution < -0.4 is 19.9 Å². The number of hydrogen-bond acceptors (Lipinski definition) is 5. The van der Waals surface area contributed by atoms with Gasteiger partial charge in [-0.1, -0.05) is 0 Å². The molecule has 6 nitrogen and oxygen atoms in total. The number of nitrogens with zero attached hydrogens (tertiary/aromatic N) is 2. The molecule has 2 N–H and O–H groups in total. The Hall–Kier alpha value is -2.37. The van der Waals surface area contributed by atoms with Crippen molar-refractivity contribution >= 4 is 5.82 Å². The van der Waals surface area contributed by atoms with Crippen molar-refractivity contribution in [1.29, 1.82) is 0 Å². The molecule has 1 aliphatic rings. The van der Waals surface area contributed by atoms with Crippen molar-refractivity contribution in [2.75, 3.05) is 19.6 Å². The predicted molar refractivity (Wildman–Crippen MR) is 65.7 cm³/mol. The molecular formula is C12H13N3O3. The summed E-state index contributed by atoms with van der Waals surface area (Å²) in [7, 11) is 3.39. The van der Waals surface area contributed by atoms with Gasteiger partial charge < -0.3 is 19.9 Å². The first-order valence-corrected chi connectivity index (χ1v) is 5.46. The lowest BCUT2D eigenvalue weighted by molar-refractivity contribution is 0.174. The summed E-state index contributed by atoms with van der Waals surface area (Å²) in [5.74, 6) is 2.64. The van der Waals surface area contributed by atoms with Gasteiger partial charge in [0.2, 0.25) is 6.79 Å². The van der Waals surface area contributed by atoms with Gasteiger partial charge in [-0.2, -0.15) is 5.10 Å². The van der Waals surface area contributed by atoms with Crippen LogP contribution in [0.2, 0.25) is 0 Å². The van der Waals surface area contributed by atoms with Crippen LogP contribution in [-0.2, 0) is 7.05 Å². The molecule has 1 aromatic carbocycles. The van der Waals surface area contributed by atoms with Gasteiger partial charge in [-0.3, -0.25) is 4.68 Å². The van der Waals surface area contributed by atoms with Crippen LogP contribution in [-0.4, -0.2) is 23.7 Å². The molecule has 0 unspecified atom stereocenters. The summed E-state index contributed by atoms with van der Waals surface area (Å²) in [5.41, 5.74) is 7.35. The van der Waals surface area contributed by atoms with E-state index in [4.69, 9.17) is 19.9 Å². The minimum Gasteiger partial charge on any atom is -0.496 e. The number of nitrogen functional groups attached to an aromatic ring is 1. The third-order valence-electron chi connectivity index (χ3n) is 2.89. The number of ether oxygens (including phenoxy) is 3. The zero-order valence-electron chi connectivity index (χ0n) is 10.1. The van der Waals surface area contributed by atoms with Crippen LogP contribution in [0.3, 0.4) is 0 Å². The van der Waals surface area contributed by atoms with E-state index in [1.54, 1.807) is 31.0 Å². The van der Waals surface area contributed by atoms with E-state index in [0.717, 1.165) is 11.3 Å². The molecule has 0 radical (unpaired) electrons. The number of benzene rings is 1. The van der Waals surface area contributed by atoms with Crippen molar-refractivity contribution in [1.82, 2.24) is 9.78 Å². The van der Waals surface area contributed by atoms with Gasteiger partial charge in [-0.25, -0.2) is 0 Å². The van der Waals surface area contributed by atoms with Crippen LogP contribution in [0.25, 0.3) is 11.3 Å². The number of aromatic nitrogens is 2. The Morgan fingerprint density at radius 3 is 2.61 bits per heavy atom. The summed E-state index contributed by atoms with van der Waals surface area (Å²) in [4.78, 5) is 0. The summed E-state index contributed by atoms with van der Waals surface area (Å²) >= 11 is 0. The van der Waals surface area contributed by atoms with Crippen molar-refractivity contribution in [3.8, 4) is 28.5 Å². The highest BCUT2D eigenvalue weighted by Gasteiger charge is 2.20. The van der Waals surface area contributed by atoms with Crippen molar-refractivity contribution in [2.45, 2.75) is 0 Å². The maximum absolute atomic E-state index is 5.79. The monoisotopic (exact) mass is 247 g/mol. The van der Waals surface area contributed by atoms with Crippen LogP contribution in [0, 0.1) is 0 Å². The van der Waals surface area contributed by atoms with Crippen molar-refractivity contribution in [3.63, 3.8) is 0 Å². The van der Waals surface area contributed by atoms with Crippen LogP contribution in [0.1, 0.15) is 0 Å². The number of nitrogens with two attached hydrogens (primary N) is 1. The highest BCUT2D eigenvalue weighted by molar-refractivity contribution is 5.73. The highest BCUT2D eigenvalue weighted by Crippen LogP contribution is 2.42. The Morgan fingerprint density at radius 1 is 1.28 bits per heavy atom. The van der Waals surface area contributed by atoms with E-state index in [9.17, 15) is 0 Å². The first kappa shape index (κ1) is 10.8. The fourth-order valence-corrected chi connectivity index (χ4v) is 1.91. The summed E-state index contributed by atoms with van der Waals surface area (Å²) in [5, 5.41) is 4.33. The molecule has 0 saturated heterocycles. The lowest BCUT2D eigenvalue weighted by atomic mass is 10.1. The molecule has 18 heavy (non-hydrogen) atoms. The van der Waals surface area contributed by atoms with E-state index in [0.29, 0.717) is 23.1 Å². The van der Waals surface area contributed by atoms with Gasteiger partial charge in [0.05, 0.1) is 12.8 Å². The fraction of sp³-hybridized carbons (Fsp3) is 0.250. The molecule has 0 aliphatic carbocycles. The molecule has 2 aromatic rings. The summed E-state index contributed by atoms with van der Waals surface area (Å²) < 4.78 is 17.6. The summed E-state index contributed by atoms with van der Waals surface area (Å²) in [6, 6.07) is 5.44. The summed E-state index contributed by atoms with van der Waals surface area (Å²) in [6.07, 6.45) is 0. The highest BCUT2D eigenvalue weighted by atomic mass is 16.7. The quantitative estimate of drug-likeness (QED) is 0.868. The largest absolute Gasteiger partial charge is 0.496 e. The molecule has 0 spiro atoms. The van der Waals surface area contributed by atoms with Crippen LogP contribution in [0.4, 0.5) is 5.82 Å². The fourth-order valence-electron chi connectivity index (χ4n) is 1.91. The van der Waals surface area contributed by atoms with Crippen molar-refractivity contribution in [3.05, 3.63) is 18.2 Å². The molecule has 2 heterocycles. The first-order chi connectivity index (χ1) is 8.69. The van der Waals surface area contributed by atoms with Gasteiger partial charge in [-0.15, -0.1) is 0 Å². The lowest BCUT2D eigenvalue weighted by Crippen LogP contribution is -1.96. The molecule has 1 aliphatic heterocycles. The molecule has 0 fully saturated rings. The van der Waals surface area contributed by atoms with Crippen LogP contribution >= 0.6 is 0 Å². The minimum atomic E-state index is 0.228. The maximum Gasteiger partial charge on any atom is 0.231 e. The third-order valence-corrected chi connectivity index (χ3v) is 2.89. The average Bonchev–Trinajstić information content (AvgIpc) is 2.94. The first-order valence-electron chi connectivity index (χ1n) is 5.46. The summed E-state index contributed by atoms with van der Waals surface area (Å²) in [6.45, 7) is 0.228. The topological polar surface area (TPSA) is 71.5 Å². The number of rotatable bonds is 2. The maximum atomic E-state index is 5.79. The van der Waals surface area contributed by atoms with Gasteiger partial charge in [0, 0.05) is 24.7 Å². The molecule has 94 valence electrons. The zero-order chi connectivity index (χ0) is 12.7. The SMILES string of the molecule is COc1cc2c(cc1-c1cc(N)n(C)n1)OCO2. The van der Waals surface area contributed by atoms with Gasteiger partial charge >= 0.3 is 0 Å². The number of fused-ring (bicyclic) bond motifs is 1. The molecule has 0 saturated carbocycles. The van der Waals surface area contributed by atoms with E-state index >= 15 is 0 Å². The van der Waals surface area contributed by atoms with Gasteiger partial charge in [0.1, 0.15) is 11.6 Å². The molecule has 3 rings (SSSR count). The van der Waals surface area contributed by atoms with Crippen molar-refractivity contribution < 1.29 is 14.2 Å². The zero-order valence-corrected chi connectivity index (χ0v) is 10.1. The number of aryl methyl sites for hydroxylation is 1. The second-order valence-electron chi connectivity index (χ2n) is 3.98. The third kappa shape index (κ3) is 1.54.